The van der Waals surface area contributed by atoms with Crippen molar-refractivity contribution in [2.45, 2.75) is 6.92 Å². The normalized spacial score (nSPS) is 10.8. The number of halogens is 1. The third-order valence-electron chi connectivity index (χ3n) is 3.03. The van der Waals surface area contributed by atoms with Crippen molar-refractivity contribution in [3.8, 4) is 11.4 Å². The molecule has 1 aromatic carbocycles. The highest BCUT2D eigenvalue weighted by Gasteiger charge is 2.15. The first kappa shape index (κ1) is 13.6. The number of nitrogens with one attached hydrogen (secondary N) is 1. The highest BCUT2D eigenvalue weighted by molar-refractivity contribution is 6.28. The number of fused-ring (bicyclic) bond motifs is 1. The standard InChI is InChI=1S/C14H14ClN5O/c1-3-21-11-7-5-4-6-10(11)20-13-9(8-17-20)12(16-2)18-14(15)19-13/h4-8H,3H2,1-2H3,(H,16,18,19). The molecule has 0 atom stereocenters. The predicted molar refractivity (Wildman–Crippen MR) is 82.4 cm³/mol. The highest BCUT2D eigenvalue weighted by atomic mass is 35.5. The molecule has 0 amide bonds. The number of nitrogens with zero attached hydrogens (tertiary/aromatic N) is 4. The van der Waals surface area contributed by atoms with Gasteiger partial charge in [0.1, 0.15) is 17.3 Å². The summed E-state index contributed by atoms with van der Waals surface area (Å²) in [5, 5.41) is 8.36. The molecule has 2 heterocycles. The Balaban J connectivity index is 2.24. The van der Waals surface area contributed by atoms with Crippen molar-refractivity contribution in [1.29, 1.82) is 0 Å². The summed E-state index contributed by atoms with van der Waals surface area (Å²) in [5.41, 5.74) is 1.44. The number of rotatable bonds is 4. The fraction of sp³-hybridized carbons (Fsp3) is 0.214. The number of hydrogen-bond donors (Lipinski definition) is 1. The molecular weight excluding hydrogens is 290 g/mol. The van der Waals surface area contributed by atoms with Gasteiger partial charge in [0.2, 0.25) is 5.28 Å². The van der Waals surface area contributed by atoms with E-state index >= 15 is 0 Å². The third kappa shape index (κ3) is 2.38. The van der Waals surface area contributed by atoms with Crippen molar-refractivity contribution in [3.05, 3.63) is 35.7 Å². The number of anilines is 1. The van der Waals surface area contributed by atoms with Gasteiger partial charge in [-0.1, -0.05) is 12.1 Å². The minimum absolute atomic E-state index is 0.169. The first-order chi connectivity index (χ1) is 10.2. The maximum Gasteiger partial charge on any atom is 0.226 e. The van der Waals surface area contributed by atoms with Crippen LogP contribution in [0.15, 0.2) is 30.5 Å². The topological polar surface area (TPSA) is 64.9 Å². The van der Waals surface area contributed by atoms with Gasteiger partial charge in [0, 0.05) is 7.05 Å². The number of aromatic nitrogens is 4. The summed E-state index contributed by atoms with van der Waals surface area (Å²) in [6.07, 6.45) is 1.71. The van der Waals surface area contributed by atoms with Gasteiger partial charge in [-0.25, -0.2) is 4.68 Å². The average Bonchev–Trinajstić information content (AvgIpc) is 2.91. The lowest BCUT2D eigenvalue weighted by atomic mass is 10.3. The van der Waals surface area contributed by atoms with Crippen LogP contribution in [0.1, 0.15) is 6.92 Å². The second kappa shape index (κ2) is 5.57. The van der Waals surface area contributed by atoms with Crippen molar-refractivity contribution in [2.75, 3.05) is 19.0 Å². The van der Waals surface area contributed by atoms with Crippen LogP contribution in [0, 0.1) is 0 Å². The molecule has 7 heteroatoms. The lowest BCUT2D eigenvalue weighted by molar-refractivity contribution is 0.338. The van der Waals surface area contributed by atoms with Gasteiger partial charge in [-0.3, -0.25) is 0 Å². The fourth-order valence-electron chi connectivity index (χ4n) is 2.16. The summed E-state index contributed by atoms with van der Waals surface area (Å²) in [7, 11) is 1.78. The molecule has 0 aliphatic heterocycles. The quantitative estimate of drug-likeness (QED) is 0.751. The Hall–Kier alpha value is -2.34. The maximum atomic E-state index is 5.99. The highest BCUT2D eigenvalue weighted by Crippen LogP contribution is 2.28. The zero-order valence-electron chi connectivity index (χ0n) is 11.7. The zero-order valence-corrected chi connectivity index (χ0v) is 12.4. The molecule has 0 aliphatic carbocycles. The van der Waals surface area contributed by atoms with Crippen LogP contribution in [-0.2, 0) is 0 Å². The molecule has 0 saturated carbocycles. The average molecular weight is 304 g/mol. The Labute approximate surface area is 126 Å². The molecule has 108 valence electrons. The molecule has 2 aromatic heterocycles. The molecule has 1 N–H and O–H groups in total. The Bertz CT molecular complexity index is 786. The Morgan fingerprint density at radius 3 is 2.86 bits per heavy atom. The smallest absolute Gasteiger partial charge is 0.226 e. The number of ether oxygens (including phenoxy) is 1. The Morgan fingerprint density at radius 1 is 1.29 bits per heavy atom. The summed E-state index contributed by atoms with van der Waals surface area (Å²) < 4.78 is 7.35. The van der Waals surface area contributed by atoms with Crippen LogP contribution in [0.5, 0.6) is 5.75 Å². The molecule has 0 radical (unpaired) electrons. The first-order valence-corrected chi connectivity index (χ1v) is 6.93. The van der Waals surface area contributed by atoms with Crippen LogP contribution < -0.4 is 10.1 Å². The zero-order chi connectivity index (χ0) is 14.8. The van der Waals surface area contributed by atoms with Crippen molar-refractivity contribution in [1.82, 2.24) is 19.7 Å². The lowest BCUT2D eigenvalue weighted by Gasteiger charge is -2.10. The number of hydrogen-bond acceptors (Lipinski definition) is 5. The fourth-order valence-corrected chi connectivity index (χ4v) is 2.32. The first-order valence-electron chi connectivity index (χ1n) is 6.55. The van der Waals surface area contributed by atoms with Crippen molar-refractivity contribution in [2.24, 2.45) is 0 Å². The second-order valence-electron chi connectivity index (χ2n) is 4.29. The van der Waals surface area contributed by atoms with E-state index in [4.69, 9.17) is 16.3 Å². The van der Waals surface area contributed by atoms with Gasteiger partial charge < -0.3 is 10.1 Å². The lowest BCUT2D eigenvalue weighted by Crippen LogP contribution is -2.03. The molecule has 3 rings (SSSR count). The van der Waals surface area contributed by atoms with E-state index in [-0.39, 0.29) is 5.28 Å². The van der Waals surface area contributed by atoms with E-state index in [9.17, 15) is 0 Å². The summed E-state index contributed by atoms with van der Waals surface area (Å²) in [6, 6.07) is 7.66. The monoisotopic (exact) mass is 303 g/mol. The Morgan fingerprint density at radius 2 is 2.10 bits per heavy atom. The summed E-state index contributed by atoms with van der Waals surface area (Å²) in [5.74, 6) is 1.39. The second-order valence-corrected chi connectivity index (χ2v) is 4.62. The Kier molecular flexibility index (Phi) is 3.62. The van der Waals surface area contributed by atoms with E-state index in [1.54, 1.807) is 17.9 Å². The minimum Gasteiger partial charge on any atom is -0.492 e. The van der Waals surface area contributed by atoms with E-state index in [1.807, 2.05) is 31.2 Å². The molecule has 0 aliphatic rings. The molecule has 0 bridgehead atoms. The SMILES string of the molecule is CCOc1ccccc1-n1ncc2c(NC)nc(Cl)nc21. The van der Waals surface area contributed by atoms with Crippen LogP contribution in [0.3, 0.4) is 0 Å². The van der Waals surface area contributed by atoms with E-state index in [0.29, 0.717) is 18.1 Å². The van der Waals surface area contributed by atoms with Gasteiger partial charge in [0.25, 0.3) is 0 Å². The maximum absolute atomic E-state index is 5.99. The van der Waals surface area contributed by atoms with Crippen LogP contribution in [0.2, 0.25) is 5.28 Å². The van der Waals surface area contributed by atoms with Crippen molar-refractivity contribution >= 4 is 28.5 Å². The van der Waals surface area contributed by atoms with Gasteiger partial charge in [0.05, 0.1) is 18.2 Å². The van der Waals surface area contributed by atoms with E-state index in [0.717, 1.165) is 16.8 Å². The van der Waals surface area contributed by atoms with Crippen LogP contribution >= 0.6 is 11.6 Å². The van der Waals surface area contributed by atoms with Crippen LogP contribution in [0.25, 0.3) is 16.7 Å². The number of para-hydroxylation sites is 2. The molecular formula is C14H14ClN5O. The van der Waals surface area contributed by atoms with Crippen LogP contribution in [0.4, 0.5) is 5.82 Å². The van der Waals surface area contributed by atoms with E-state index in [2.05, 4.69) is 20.4 Å². The molecule has 21 heavy (non-hydrogen) atoms. The van der Waals surface area contributed by atoms with Crippen LogP contribution in [-0.4, -0.2) is 33.4 Å². The van der Waals surface area contributed by atoms with Gasteiger partial charge in [-0.2, -0.15) is 15.1 Å². The van der Waals surface area contributed by atoms with Gasteiger partial charge in [-0.15, -0.1) is 0 Å². The number of benzene rings is 1. The van der Waals surface area contributed by atoms with Gasteiger partial charge in [0.15, 0.2) is 5.65 Å². The molecule has 0 unspecified atom stereocenters. The predicted octanol–water partition coefficient (Wildman–Crippen LogP) is 2.91. The molecule has 3 aromatic rings. The summed E-state index contributed by atoms with van der Waals surface area (Å²) in [6.45, 7) is 2.52. The molecule has 0 spiro atoms. The van der Waals surface area contributed by atoms with Gasteiger partial charge >= 0.3 is 0 Å². The van der Waals surface area contributed by atoms with E-state index < -0.39 is 0 Å². The molecule has 0 fully saturated rings. The molecule has 6 nitrogen and oxygen atoms in total. The van der Waals surface area contributed by atoms with Crippen molar-refractivity contribution < 1.29 is 4.74 Å². The minimum atomic E-state index is 0.169. The summed E-state index contributed by atoms with van der Waals surface area (Å²) >= 11 is 5.99. The molecule has 0 saturated heterocycles. The largest absolute Gasteiger partial charge is 0.492 e. The van der Waals surface area contributed by atoms with Crippen molar-refractivity contribution in [3.63, 3.8) is 0 Å². The van der Waals surface area contributed by atoms with E-state index in [1.165, 1.54) is 0 Å². The third-order valence-corrected chi connectivity index (χ3v) is 3.20. The van der Waals surface area contributed by atoms with Gasteiger partial charge in [-0.05, 0) is 30.7 Å². The summed E-state index contributed by atoms with van der Waals surface area (Å²) in [4.78, 5) is 8.43.